The summed E-state index contributed by atoms with van der Waals surface area (Å²) in [6.07, 6.45) is 5.27. The number of hydrogen-bond acceptors (Lipinski definition) is 4. The van der Waals surface area contributed by atoms with E-state index >= 15 is 0 Å². The highest BCUT2D eigenvalue weighted by Crippen LogP contribution is 2.07. The number of amides is 2. The Balaban J connectivity index is 2.87. The highest BCUT2D eigenvalue weighted by atomic mass is 19.1. The zero-order valence-corrected chi connectivity index (χ0v) is 13.5. The van der Waals surface area contributed by atoms with Gasteiger partial charge >= 0.3 is 5.97 Å². The molecular weight excluding hydrogens is 315 g/mol. The first-order valence-electron chi connectivity index (χ1n) is 7.20. The summed E-state index contributed by atoms with van der Waals surface area (Å²) in [6.45, 7) is 1.27. The summed E-state index contributed by atoms with van der Waals surface area (Å²) in [5.74, 6) is 0.203. The number of nitrogens with one attached hydrogen (secondary N) is 2. The number of methoxy groups -OCH3 is 1. The minimum absolute atomic E-state index is 0.0399. The SMILES string of the molecule is C#CC[C@H](NC(=O)[C@H](Cc1ccc(F)cc1)NC(C)=O)C(=O)OC. The smallest absolute Gasteiger partial charge is 0.329 e. The quantitative estimate of drug-likeness (QED) is 0.563. The molecule has 0 fully saturated rings. The number of ether oxygens (including phenoxy) is 1. The topological polar surface area (TPSA) is 84.5 Å². The molecule has 2 N–H and O–H groups in total. The van der Waals surface area contributed by atoms with Gasteiger partial charge < -0.3 is 15.4 Å². The van der Waals surface area contributed by atoms with E-state index in [9.17, 15) is 18.8 Å². The third-order valence-corrected chi connectivity index (χ3v) is 3.17. The lowest BCUT2D eigenvalue weighted by Gasteiger charge is -2.21. The van der Waals surface area contributed by atoms with Gasteiger partial charge in [0.1, 0.15) is 17.9 Å². The summed E-state index contributed by atoms with van der Waals surface area (Å²) in [7, 11) is 1.18. The average molecular weight is 334 g/mol. The second-order valence-corrected chi connectivity index (χ2v) is 5.08. The molecule has 0 saturated carbocycles. The van der Waals surface area contributed by atoms with Crippen molar-refractivity contribution in [3.05, 3.63) is 35.6 Å². The number of hydrogen-bond donors (Lipinski definition) is 2. The van der Waals surface area contributed by atoms with Gasteiger partial charge in [0.2, 0.25) is 11.8 Å². The van der Waals surface area contributed by atoms with Crippen LogP contribution >= 0.6 is 0 Å². The van der Waals surface area contributed by atoms with Crippen molar-refractivity contribution in [3.63, 3.8) is 0 Å². The molecule has 0 aliphatic carbocycles. The number of carbonyl (C=O) groups excluding carboxylic acids is 3. The summed E-state index contributed by atoms with van der Waals surface area (Å²) in [6, 6.07) is 3.60. The van der Waals surface area contributed by atoms with Gasteiger partial charge in [-0.2, -0.15) is 0 Å². The zero-order chi connectivity index (χ0) is 18.1. The summed E-state index contributed by atoms with van der Waals surface area (Å²) in [4.78, 5) is 35.3. The zero-order valence-electron chi connectivity index (χ0n) is 13.5. The molecule has 2 amide bonds. The van der Waals surface area contributed by atoms with Crippen molar-refractivity contribution >= 4 is 17.8 Å². The number of benzene rings is 1. The van der Waals surface area contributed by atoms with Crippen LogP contribution in [0.15, 0.2) is 24.3 Å². The summed E-state index contributed by atoms with van der Waals surface area (Å²) < 4.78 is 17.5. The second kappa shape index (κ2) is 9.30. The standard InChI is InChI=1S/C17H19FN2O4/c1-4-5-14(17(23)24-3)20-16(22)15(19-11(2)21)10-12-6-8-13(18)9-7-12/h1,6-9,14-15H,5,10H2,2-3H3,(H,19,21)(H,20,22)/t14-,15-/m0/s1. The Labute approximate surface area is 139 Å². The van der Waals surface area contributed by atoms with E-state index in [1.54, 1.807) is 0 Å². The Hall–Kier alpha value is -2.88. The van der Waals surface area contributed by atoms with Crippen LogP contribution in [0.5, 0.6) is 0 Å². The van der Waals surface area contributed by atoms with Crippen LogP contribution in [0.4, 0.5) is 4.39 Å². The third kappa shape index (κ3) is 6.08. The lowest BCUT2D eigenvalue weighted by Crippen LogP contribution is -2.52. The van der Waals surface area contributed by atoms with Crippen LogP contribution in [0.1, 0.15) is 18.9 Å². The first-order valence-corrected chi connectivity index (χ1v) is 7.20. The van der Waals surface area contributed by atoms with Gasteiger partial charge in [0.05, 0.1) is 7.11 Å². The molecule has 0 unspecified atom stereocenters. The lowest BCUT2D eigenvalue weighted by atomic mass is 10.0. The molecule has 128 valence electrons. The van der Waals surface area contributed by atoms with Crippen molar-refractivity contribution in [2.75, 3.05) is 7.11 Å². The van der Waals surface area contributed by atoms with Crippen LogP contribution in [0.3, 0.4) is 0 Å². The van der Waals surface area contributed by atoms with E-state index in [-0.39, 0.29) is 12.8 Å². The van der Waals surface area contributed by atoms with Crippen molar-refractivity contribution < 1.29 is 23.5 Å². The van der Waals surface area contributed by atoms with E-state index < -0.39 is 35.7 Å². The van der Waals surface area contributed by atoms with Gasteiger partial charge in [0.25, 0.3) is 0 Å². The van der Waals surface area contributed by atoms with E-state index in [0.29, 0.717) is 5.56 Å². The largest absolute Gasteiger partial charge is 0.467 e. The molecule has 1 aromatic carbocycles. The molecule has 6 nitrogen and oxygen atoms in total. The van der Waals surface area contributed by atoms with E-state index in [0.717, 1.165) is 0 Å². The maximum Gasteiger partial charge on any atom is 0.329 e. The Kier molecular flexibility index (Phi) is 7.43. The normalized spacial score (nSPS) is 12.4. The monoisotopic (exact) mass is 334 g/mol. The third-order valence-electron chi connectivity index (χ3n) is 3.17. The first kappa shape index (κ1) is 19.2. The Morgan fingerprint density at radius 1 is 1.21 bits per heavy atom. The molecule has 0 aromatic heterocycles. The predicted molar refractivity (Wildman–Crippen MR) is 85.1 cm³/mol. The van der Waals surface area contributed by atoms with Crippen molar-refractivity contribution in [2.24, 2.45) is 0 Å². The molecule has 24 heavy (non-hydrogen) atoms. The maximum atomic E-state index is 13.0. The molecule has 0 aliphatic heterocycles. The van der Waals surface area contributed by atoms with E-state index in [4.69, 9.17) is 6.42 Å². The van der Waals surface area contributed by atoms with Crippen molar-refractivity contribution in [1.82, 2.24) is 10.6 Å². The molecule has 0 saturated heterocycles. The minimum atomic E-state index is -1.00. The molecule has 0 aliphatic rings. The fraction of sp³-hybridized carbons (Fsp3) is 0.353. The van der Waals surface area contributed by atoms with Crippen molar-refractivity contribution in [1.29, 1.82) is 0 Å². The van der Waals surface area contributed by atoms with E-state index in [1.807, 2.05) is 0 Å². The van der Waals surface area contributed by atoms with Crippen LogP contribution in [0.2, 0.25) is 0 Å². The van der Waals surface area contributed by atoms with Gasteiger partial charge in [-0.15, -0.1) is 12.3 Å². The molecule has 0 heterocycles. The number of esters is 1. The van der Waals surface area contributed by atoms with Gasteiger partial charge in [-0.05, 0) is 17.7 Å². The molecule has 7 heteroatoms. The van der Waals surface area contributed by atoms with Gasteiger partial charge in [0, 0.05) is 19.8 Å². The second-order valence-electron chi connectivity index (χ2n) is 5.08. The minimum Gasteiger partial charge on any atom is -0.467 e. The van der Waals surface area contributed by atoms with Gasteiger partial charge in [0.15, 0.2) is 0 Å². The average Bonchev–Trinajstić information content (AvgIpc) is 2.54. The van der Waals surface area contributed by atoms with Crippen molar-refractivity contribution in [2.45, 2.75) is 31.8 Å². The lowest BCUT2D eigenvalue weighted by molar-refractivity contribution is -0.145. The number of halogens is 1. The molecule has 0 spiro atoms. The summed E-state index contributed by atoms with van der Waals surface area (Å²) in [5.41, 5.74) is 0.650. The van der Waals surface area contributed by atoms with Crippen LogP contribution in [-0.4, -0.2) is 37.0 Å². The fourth-order valence-corrected chi connectivity index (χ4v) is 2.04. The van der Waals surface area contributed by atoms with Crippen LogP contribution in [0, 0.1) is 18.2 Å². The van der Waals surface area contributed by atoms with E-state index in [2.05, 4.69) is 21.3 Å². The summed E-state index contributed by atoms with van der Waals surface area (Å²) >= 11 is 0. The Morgan fingerprint density at radius 3 is 2.33 bits per heavy atom. The van der Waals surface area contributed by atoms with Gasteiger partial charge in [-0.25, -0.2) is 9.18 Å². The van der Waals surface area contributed by atoms with E-state index in [1.165, 1.54) is 38.3 Å². The Morgan fingerprint density at radius 2 is 1.83 bits per heavy atom. The predicted octanol–water partition coefficient (Wildman–Crippen LogP) is 0.554. The molecular formula is C17H19FN2O4. The molecule has 0 bridgehead atoms. The Bertz CT molecular complexity index is 637. The van der Waals surface area contributed by atoms with Crippen LogP contribution in [0.25, 0.3) is 0 Å². The highest BCUT2D eigenvalue weighted by molar-refractivity contribution is 5.90. The molecule has 0 radical (unpaired) electrons. The maximum absolute atomic E-state index is 13.0. The number of terminal acetylenes is 1. The molecule has 2 atom stereocenters. The first-order chi connectivity index (χ1) is 11.4. The fourth-order valence-electron chi connectivity index (χ4n) is 2.04. The van der Waals surface area contributed by atoms with Crippen LogP contribution in [-0.2, 0) is 25.5 Å². The van der Waals surface area contributed by atoms with Gasteiger partial charge in [-0.3, -0.25) is 9.59 Å². The summed E-state index contributed by atoms with van der Waals surface area (Å²) in [5, 5.41) is 4.96. The number of carbonyl (C=O) groups is 3. The molecule has 1 aromatic rings. The molecule has 1 rings (SSSR count). The van der Waals surface area contributed by atoms with Crippen molar-refractivity contribution in [3.8, 4) is 12.3 Å². The van der Waals surface area contributed by atoms with Gasteiger partial charge in [-0.1, -0.05) is 12.1 Å². The number of rotatable bonds is 7. The van der Waals surface area contributed by atoms with Crippen LogP contribution < -0.4 is 10.6 Å². The highest BCUT2D eigenvalue weighted by Gasteiger charge is 2.26.